The standard InChI is InChI=1S/C20H30N4OS/c1-13-12-22-24(3)19(13)17-10-18(26-14(17)2)20(25)23-16(11-21)9-15-7-5-4-6-8-15/h10,12,15-16H,4-9,11,21H2,1-3H3,(H,23,25). The van der Waals surface area contributed by atoms with Gasteiger partial charge in [-0.25, -0.2) is 0 Å². The van der Waals surface area contributed by atoms with Crippen LogP contribution in [-0.4, -0.2) is 28.3 Å². The van der Waals surface area contributed by atoms with E-state index >= 15 is 0 Å². The second kappa shape index (κ2) is 8.35. The van der Waals surface area contributed by atoms with Gasteiger partial charge in [-0.3, -0.25) is 9.48 Å². The van der Waals surface area contributed by atoms with Gasteiger partial charge in [0.25, 0.3) is 5.91 Å². The number of aromatic nitrogens is 2. The number of nitrogens with two attached hydrogens (primary N) is 1. The van der Waals surface area contributed by atoms with Gasteiger partial charge in [0.15, 0.2) is 0 Å². The lowest BCUT2D eigenvalue weighted by Gasteiger charge is -2.26. The number of nitrogens with one attached hydrogen (secondary N) is 1. The maximum Gasteiger partial charge on any atom is 0.261 e. The molecule has 2 heterocycles. The lowest BCUT2D eigenvalue weighted by molar-refractivity contribution is 0.0934. The first kappa shape index (κ1) is 19.1. The van der Waals surface area contributed by atoms with Gasteiger partial charge in [-0.1, -0.05) is 32.1 Å². The Kier molecular flexibility index (Phi) is 6.14. The zero-order chi connectivity index (χ0) is 18.7. The van der Waals surface area contributed by atoms with E-state index in [1.165, 1.54) is 32.1 Å². The van der Waals surface area contributed by atoms with Crippen molar-refractivity contribution >= 4 is 17.2 Å². The van der Waals surface area contributed by atoms with Gasteiger partial charge in [0, 0.05) is 30.1 Å². The second-order valence-electron chi connectivity index (χ2n) is 7.53. The van der Waals surface area contributed by atoms with E-state index in [9.17, 15) is 4.79 Å². The fourth-order valence-electron chi connectivity index (χ4n) is 4.06. The molecule has 1 aliphatic carbocycles. The van der Waals surface area contributed by atoms with Gasteiger partial charge in [0.1, 0.15) is 0 Å². The molecule has 1 unspecified atom stereocenters. The molecular formula is C20H30N4OS. The van der Waals surface area contributed by atoms with Crippen LogP contribution in [0.3, 0.4) is 0 Å². The number of aryl methyl sites for hydroxylation is 3. The molecule has 1 fully saturated rings. The van der Waals surface area contributed by atoms with E-state index < -0.39 is 0 Å². The summed E-state index contributed by atoms with van der Waals surface area (Å²) in [6.45, 7) is 4.61. The molecule has 2 aromatic rings. The SMILES string of the molecule is Cc1cnn(C)c1-c1cc(C(=O)NC(CN)CC2CCCCC2)sc1C. The number of hydrogen-bond donors (Lipinski definition) is 2. The number of thiophene rings is 1. The predicted molar refractivity (Wildman–Crippen MR) is 107 cm³/mol. The Morgan fingerprint density at radius 1 is 1.38 bits per heavy atom. The topological polar surface area (TPSA) is 72.9 Å². The van der Waals surface area contributed by atoms with Crippen molar-refractivity contribution in [3.8, 4) is 11.3 Å². The number of rotatable bonds is 6. The van der Waals surface area contributed by atoms with Gasteiger partial charge in [0.2, 0.25) is 0 Å². The highest BCUT2D eigenvalue weighted by atomic mass is 32.1. The highest BCUT2D eigenvalue weighted by molar-refractivity contribution is 7.14. The van der Waals surface area contributed by atoms with Crippen LogP contribution in [0, 0.1) is 19.8 Å². The molecule has 0 aliphatic heterocycles. The Morgan fingerprint density at radius 2 is 2.12 bits per heavy atom. The van der Waals surface area contributed by atoms with E-state index in [0.717, 1.165) is 33.0 Å². The highest BCUT2D eigenvalue weighted by Crippen LogP contribution is 2.33. The zero-order valence-electron chi connectivity index (χ0n) is 16.0. The number of amides is 1. The summed E-state index contributed by atoms with van der Waals surface area (Å²) in [5.41, 5.74) is 9.24. The van der Waals surface area contributed by atoms with Crippen molar-refractivity contribution in [2.45, 2.75) is 58.4 Å². The van der Waals surface area contributed by atoms with Crippen LogP contribution in [0.15, 0.2) is 12.3 Å². The summed E-state index contributed by atoms with van der Waals surface area (Å²) in [6, 6.07) is 2.06. The van der Waals surface area contributed by atoms with Crippen LogP contribution in [0.5, 0.6) is 0 Å². The Morgan fingerprint density at radius 3 is 2.73 bits per heavy atom. The minimum atomic E-state index is -0.00423. The molecule has 3 N–H and O–H groups in total. The van der Waals surface area contributed by atoms with Crippen LogP contribution in [-0.2, 0) is 7.05 Å². The quantitative estimate of drug-likeness (QED) is 0.808. The van der Waals surface area contributed by atoms with Gasteiger partial charge >= 0.3 is 0 Å². The lowest BCUT2D eigenvalue weighted by atomic mass is 9.85. The summed E-state index contributed by atoms with van der Waals surface area (Å²) in [7, 11) is 1.94. The largest absolute Gasteiger partial charge is 0.347 e. The number of carbonyl (C=O) groups is 1. The monoisotopic (exact) mass is 374 g/mol. The molecule has 6 heteroatoms. The molecule has 0 bridgehead atoms. The number of hydrogen-bond acceptors (Lipinski definition) is 4. The van der Waals surface area contributed by atoms with Crippen LogP contribution in [0.2, 0.25) is 0 Å². The number of nitrogens with zero attached hydrogens (tertiary/aromatic N) is 2. The third-order valence-electron chi connectivity index (χ3n) is 5.48. The number of carbonyl (C=O) groups excluding carboxylic acids is 1. The molecule has 1 amide bonds. The molecule has 1 atom stereocenters. The molecule has 2 aromatic heterocycles. The molecule has 0 spiro atoms. The molecule has 1 saturated carbocycles. The summed E-state index contributed by atoms with van der Waals surface area (Å²) in [5.74, 6) is 0.700. The van der Waals surface area contributed by atoms with Gasteiger partial charge in [-0.2, -0.15) is 5.10 Å². The Labute approximate surface area is 160 Å². The van der Waals surface area contributed by atoms with Crippen molar-refractivity contribution in [2.24, 2.45) is 18.7 Å². The van der Waals surface area contributed by atoms with Crippen LogP contribution in [0.4, 0.5) is 0 Å². The van der Waals surface area contributed by atoms with Crippen molar-refractivity contribution < 1.29 is 4.79 Å². The molecule has 0 aromatic carbocycles. The average Bonchev–Trinajstić information content (AvgIpc) is 3.17. The van der Waals surface area contributed by atoms with Crippen molar-refractivity contribution in [1.29, 1.82) is 0 Å². The normalized spacial score (nSPS) is 16.6. The first-order valence-electron chi connectivity index (χ1n) is 9.60. The molecule has 26 heavy (non-hydrogen) atoms. The van der Waals surface area contributed by atoms with E-state index in [1.54, 1.807) is 11.3 Å². The minimum absolute atomic E-state index is 0.00423. The summed E-state index contributed by atoms with van der Waals surface area (Å²) in [4.78, 5) is 14.7. The Balaban J connectivity index is 1.70. The van der Waals surface area contributed by atoms with Gasteiger partial charge in [-0.15, -0.1) is 11.3 Å². The maximum absolute atomic E-state index is 12.8. The van der Waals surface area contributed by atoms with Crippen molar-refractivity contribution in [1.82, 2.24) is 15.1 Å². The van der Waals surface area contributed by atoms with Crippen LogP contribution in [0.25, 0.3) is 11.3 Å². The fraction of sp³-hybridized carbons (Fsp3) is 0.600. The summed E-state index contributed by atoms with van der Waals surface area (Å²) < 4.78 is 1.87. The molecule has 0 radical (unpaired) electrons. The third kappa shape index (κ3) is 4.18. The fourth-order valence-corrected chi connectivity index (χ4v) is 4.98. The van der Waals surface area contributed by atoms with Crippen molar-refractivity contribution in [3.05, 3.63) is 27.6 Å². The van der Waals surface area contributed by atoms with Gasteiger partial charge in [-0.05, 0) is 37.8 Å². The lowest BCUT2D eigenvalue weighted by Crippen LogP contribution is -2.41. The van der Waals surface area contributed by atoms with Gasteiger partial charge in [0.05, 0.1) is 16.8 Å². The average molecular weight is 375 g/mol. The van der Waals surface area contributed by atoms with E-state index in [4.69, 9.17) is 5.73 Å². The van der Waals surface area contributed by atoms with Gasteiger partial charge < -0.3 is 11.1 Å². The first-order valence-corrected chi connectivity index (χ1v) is 10.4. The Hall–Kier alpha value is -1.66. The smallest absolute Gasteiger partial charge is 0.261 e. The first-order chi connectivity index (χ1) is 12.5. The highest BCUT2D eigenvalue weighted by Gasteiger charge is 2.22. The Bertz CT molecular complexity index is 738. The summed E-state index contributed by atoms with van der Waals surface area (Å²) in [5, 5.41) is 7.49. The second-order valence-corrected chi connectivity index (χ2v) is 8.78. The summed E-state index contributed by atoms with van der Waals surface area (Å²) >= 11 is 1.54. The van der Waals surface area contributed by atoms with E-state index in [2.05, 4.69) is 17.3 Å². The van der Waals surface area contributed by atoms with Crippen molar-refractivity contribution in [2.75, 3.05) is 6.54 Å². The maximum atomic E-state index is 12.8. The van der Waals surface area contributed by atoms with E-state index in [1.807, 2.05) is 30.9 Å². The zero-order valence-corrected chi connectivity index (χ0v) is 16.9. The van der Waals surface area contributed by atoms with E-state index in [-0.39, 0.29) is 11.9 Å². The summed E-state index contributed by atoms with van der Waals surface area (Å²) in [6.07, 6.45) is 9.38. The van der Waals surface area contributed by atoms with Crippen LogP contribution >= 0.6 is 11.3 Å². The molecule has 3 rings (SSSR count). The molecule has 5 nitrogen and oxygen atoms in total. The van der Waals surface area contributed by atoms with Crippen LogP contribution in [0.1, 0.15) is 58.6 Å². The van der Waals surface area contributed by atoms with Crippen molar-refractivity contribution in [3.63, 3.8) is 0 Å². The molecular weight excluding hydrogens is 344 g/mol. The molecule has 142 valence electrons. The van der Waals surface area contributed by atoms with E-state index in [0.29, 0.717) is 12.5 Å². The molecule has 0 saturated heterocycles. The third-order valence-corrected chi connectivity index (χ3v) is 6.53. The molecule has 1 aliphatic rings. The predicted octanol–water partition coefficient (Wildman–Crippen LogP) is 3.79. The van der Waals surface area contributed by atoms with Crippen LogP contribution < -0.4 is 11.1 Å². The minimum Gasteiger partial charge on any atom is -0.347 e.